The molecule has 0 aliphatic carbocycles. The van der Waals surface area contributed by atoms with E-state index in [4.69, 9.17) is 16.3 Å². The van der Waals surface area contributed by atoms with Gasteiger partial charge in [0.15, 0.2) is 6.04 Å². The van der Waals surface area contributed by atoms with E-state index in [2.05, 4.69) is 5.32 Å². The van der Waals surface area contributed by atoms with E-state index in [0.29, 0.717) is 17.3 Å². The molecule has 0 radical (unpaired) electrons. The summed E-state index contributed by atoms with van der Waals surface area (Å²) in [4.78, 5) is 13.5. The largest absolute Gasteiger partial charge is 0.494 e. The highest BCUT2D eigenvalue weighted by Gasteiger charge is 2.22. The summed E-state index contributed by atoms with van der Waals surface area (Å²) in [5.41, 5.74) is 1.80. The molecular weight excluding hydrogens is 324 g/mol. The Labute approximate surface area is 148 Å². The number of ether oxygens (including phenoxy) is 1. The molecule has 0 saturated heterocycles. The van der Waals surface area contributed by atoms with Gasteiger partial charge in [-0.25, -0.2) is 0 Å². The summed E-state index contributed by atoms with van der Waals surface area (Å²) in [5.74, 6) is 0.815. The third-order valence-electron chi connectivity index (χ3n) is 3.98. The van der Waals surface area contributed by atoms with Crippen molar-refractivity contribution in [1.82, 2.24) is 0 Å². The van der Waals surface area contributed by atoms with Gasteiger partial charge in [-0.3, -0.25) is 4.79 Å². The number of carbonyl (C=O) groups is 1. The minimum atomic E-state index is -0.201. The van der Waals surface area contributed by atoms with Crippen LogP contribution in [0.3, 0.4) is 0 Å². The SMILES string of the molecule is CCOc1ccc(C[NH+](C)[C@H](C)C(=O)Nc2ccccc2Cl)cc1. The first-order valence-electron chi connectivity index (χ1n) is 8.10. The zero-order valence-corrected chi connectivity index (χ0v) is 15.1. The van der Waals surface area contributed by atoms with Gasteiger partial charge < -0.3 is 15.0 Å². The number of halogens is 1. The van der Waals surface area contributed by atoms with Crippen molar-refractivity contribution >= 4 is 23.2 Å². The Kier molecular flexibility index (Phi) is 6.64. The number of anilines is 1. The van der Waals surface area contributed by atoms with Gasteiger partial charge in [0.1, 0.15) is 12.3 Å². The molecule has 0 heterocycles. The molecule has 0 aliphatic heterocycles. The second-order valence-electron chi connectivity index (χ2n) is 5.79. The van der Waals surface area contributed by atoms with Crippen LogP contribution < -0.4 is 15.0 Å². The number of likely N-dealkylation sites (N-methyl/N-ethyl adjacent to an activating group) is 1. The number of benzene rings is 2. The van der Waals surface area contributed by atoms with Crippen molar-refractivity contribution < 1.29 is 14.4 Å². The third kappa shape index (κ3) is 4.98. The van der Waals surface area contributed by atoms with Crippen molar-refractivity contribution in [3.8, 4) is 5.75 Å². The highest BCUT2D eigenvalue weighted by molar-refractivity contribution is 6.33. The fourth-order valence-corrected chi connectivity index (χ4v) is 2.56. The zero-order chi connectivity index (χ0) is 17.5. The lowest BCUT2D eigenvalue weighted by atomic mass is 10.1. The van der Waals surface area contributed by atoms with Crippen LogP contribution in [0.4, 0.5) is 5.69 Å². The van der Waals surface area contributed by atoms with Crippen molar-refractivity contribution in [3.63, 3.8) is 0 Å². The van der Waals surface area contributed by atoms with Crippen molar-refractivity contribution in [3.05, 3.63) is 59.1 Å². The Morgan fingerprint density at radius 1 is 1.21 bits per heavy atom. The first-order chi connectivity index (χ1) is 11.5. The number of carbonyl (C=O) groups excluding carboxylic acids is 1. The van der Waals surface area contributed by atoms with E-state index in [1.807, 2.05) is 57.3 Å². The maximum Gasteiger partial charge on any atom is 0.282 e. The number of hydrogen-bond donors (Lipinski definition) is 2. The minimum absolute atomic E-state index is 0.0495. The van der Waals surface area contributed by atoms with Gasteiger partial charge in [0, 0.05) is 5.56 Å². The minimum Gasteiger partial charge on any atom is -0.494 e. The fourth-order valence-electron chi connectivity index (χ4n) is 2.37. The molecule has 0 aliphatic rings. The predicted octanol–water partition coefficient (Wildman–Crippen LogP) is 2.78. The monoisotopic (exact) mass is 347 g/mol. The second kappa shape index (κ2) is 8.71. The molecule has 0 spiro atoms. The Balaban J connectivity index is 1.94. The first kappa shape index (κ1) is 18.3. The molecule has 0 bridgehead atoms. The molecule has 2 atom stereocenters. The van der Waals surface area contributed by atoms with Crippen LogP contribution in [0.5, 0.6) is 5.75 Å². The number of para-hydroxylation sites is 1. The number of hydrogen-bond acceptors (Lipinski definition) is 2. The van der Waals surface area contributed by atoms with E-state index in [9.17, 15) is 4.79 Å². The number of quaternary nitrogens is 1. The molecule has 2 rings (SSSR count). The van der Waals surface area contributed by atoms with Crippen LogP contribution in [-0.2, 0) is 11.3 Å². The maximum absolute atomic E-state index is 12.4. The highest BCUT2D eigenvalue weighted by atomic mass is 35.5. The normalized spacial score (nSPS) is 13.2. The van der Waals surface area contributed by atoms with Crippen molar-refractivity contribution in [1.29, 1.82) is 0 Å². The maximum atomic E-state index is 12.4. The number of amides is 1. The van der Waals surface area contributed by atoms with Gasteiger partial charge in [0.2, 0.25) is 0 Å². The van der Waals surface area contributed by atoms with Gasteiger partial charge >= 0.3 is 0 Å². The average molecular weight is 348 g/mol. The lowest BCUT2D eigenvalue weighted by molar-refractivity contribution is -0.907. The van der Waals surface area contributed by atoms with Crippen molar-refractivity contribution in [2.24, 2.45) is 0 Å². The summed E-state index contributed by atoms with van der Waals surface area (Å²) in [7, 11) is 2.01. The average Bonchev–Trinajstić information content (AvgIpc) is 2.58. The van der Waals surface area contributed by atoms with E-state index in [-0.39, 0.29) is 11.9 Å². The Morgan fingerprint density at radius 3 is 2.50 bits per heavy atom. The van der Waals surface area contributed by atoms with Gasteiger partial charge in [0.05, 0.1) is 24.4 Å². The Hall–Kier alpha value is -2.04. The van der Waals surface area contributed by atoms with Crippen LogP contribution in [0, 0.1) is 0 Å². The van der Waals surface area contributed by atoms with Crippen LogP contribution in [0.1, 0.15) is 19.4 Å². The van der Waals surface area contributed by atoms with Crippen LogP contribution >= 0.6 is 11.6 Å². The summed E-state index contributed by atoms with van der Waals surface area (Å²) >= 11 is 6.09. The van der Waals surface area contributed by atoms with Gasteiger partial charge in [-0.1, -0.05) is 23.7 Å². The molecular formula is C19H24ClN2O2+. The van der Waals surface area contributed by atoms with Gasteiger partial charge in [-0.05, 0) is 50.2 Å². The number of rotatable bonds is 7. The fraction of sp³-hybridized carbons (Fsp3) is 0.316. The van der Waals surface area contributed by atoms with Crippen LogP contribution in [0.25, 0.3) is 0 Å². The molecule has 2 aromatic carbocycles. The lowest BCUT2D eigenvalue weighted by Gasteiger charge is -2.21. The summed E-state index contributed by atoms with van der Waals surface area (Å²) in [6, 6.07) is 15.0. The molecule has 1 amide bonds. The standard InChI is InChI=1S/C19H23ClN2O2/c1-4-24-16-11-9-15(10-12-16)13-22(3)14(2)19(23)21-18-8-6-5-7-17(18)20/h5-12,14H,4,13H2,1-3H3,(H,21,23)/p+1/t14-/m1/s1. The molecule has 5 heteroatoms. The lowest BCUT2D eigenvalue weighted by Crippen LogP contribution is -3.12. The predicted molar refractivity (Wildman–Crippen MR) is 97.7 cm³/mol. The molecule has 2 N–H and O–H groups in total. The summed E-state index contributed by atoms with van der Waals surface area (Å²) < 4.78 is 5.45. The summed E-state index contributed by atoms with van der Waals surface area (Å²) in [5, 5.41) is 3.43. The van der Waals surface area contributed by atoms with Gasteiger partial charge in [-0.15, -0.1) is 0 Å². The van der Waals surface area contributed by atoms with Crippen molar-refractivity contribution in [2.45, 2.75) is 26.4 Å². The van der Waals surface area contributed by atoms with Crippen LogP contribution in [0.2, 0.25) is 5.02 Å². The third-order valence-corrected chi connectivity index (χ3v) is 4.31. The van der Waals surface area contributed by atoms with E-state index >= 15 is 0 Å². The second-order valence-corrected chi connectivity index (χ2v) is 6.20. The molecule has 4 nitrogen and oxygen atoms in total. The van der Waals surface area contributed by atoms with E-state index in [1.54, 1.807) is 12.1 Å². The van der Waals surface area contributed by atoms with Crippen LogP contribution in [-0.4, -0.2) is 25.6 Å². The van der Waals surface area contributed by atoms with E-state index in [1.165, 1.54) is 0 Å². The first-order valence-corrected chi connectivity index (χ1v) is 8.48. The van der Waals surface area contributed by atoms with Crippen LogP contribution in [0.15, 0.2) is 48.5 Å². The topological polar surface area (TPSA) is 42.8 Å². The van der Waals surface area contributed by atoms with Crippen molar-refractivity contribution in [2.75, 3.05) is 19.0 Å². The Morgan fingerprint density at radius 2 is 1.88 bits per heavy atom. The quantitative estimate of drug-likeness (QED) is 0.808. The molecule has 0 fully saturated rings. The highest BCUT2D eigenvalue weighted by Crippen LogP contribution is 2.20. The summed E-state index contributed by atoms with van der Waals surface area (Å²) in [6.07, 6.45) is 0. The molecule has 1 unspecified atom stereocenters. The number of nitrogens with one attached hydrogen (secondary N) is 2. The molecule has 128 valence electrons. The smallest absolute Gasteiger partial charge is 0.282 e. The zero-order valence-electron chi connectivity index (χ0n) is 14.3. The molecule has 2 aromatic rings. The molecule has 0 aromatic heterocycles. The van der Waals surface area contributed by atoms with E-state index < -0.39 is 0 Å². The van der Waals surface area contributed by atoms with Gasteiger partial charge in [-0.2, -0.15) is 0 Å². The Bertz CT molecular complexity index is 673. The van der Waals surface area contributed by atoms with Gasteiger partial charge in [0.25, 0.3) is 5.91 Å². The van der Waals surface area contributed by atoms with E-state index in [0.717, 1.165) is 22.8 Å². The molecule has 0 saturated carbocycles. The summed E-state index contributed by atoms with van der Waals surface area (Å²) in [6.45, 7) is 5.29. The molecule has 24 heavy (non-hydrogen) atoms.